The molecule has 0 unspecified atom stereocenters. The van der Waals surface area contributed by atoms with E-state index in [0.29, 0.717) is 18.0 Å². The number of thioether (sulfide) groups is 1. The summed E-state index contributed by atoms with van der Waals surface area (Å²) < 4.78 is 4.33. The number of carboxylic acids is 1. The van der Waals surface area contributed by atoms with Crippen LogP contribution in [0.5, 0.6) is 5.75 Å². The number of benzene rings is 1. The second kappa shape index (κ2) is 5.75. The van der Waals surface area contributed by atoms with Crippen molar-refractivity contribution in [2.45, 2.75) is 36.6 Å². The predicted octanol–water partition coefficient (Wildman–Crippen LogP) is 3.31. The third kappa shape index (κ3) is 2.60. The lowest BCUT2D eigenvalue weighted by Crippen LogP contribution is -2.33. The van der Waals surface area contributed by atoms with Crippen molar-refractivity contribution in [3.05, 3.63) is 18.2 Å². The van der Waals surface area contributed by atoms with Crippen LogP contribution in [0.2, 0.25) is 0 Å². The minimum Gasteiger partial charge on any atom is -0.497 e. The minimum absolute atomic E-state index is 0.546. The number of aliphatic carboxylic acids is 1. The second-order valence-electron chi connectivity index (χ2n) is 4.53. The number of aromatic nitrogens is 2. The lowest BCUT2D eigenvalue weighted by Gasteiger charge is -2.24. The summed E-state index contributed by atoms with van der Waals surface area (Å²) in [7, 11) is 1.61. The van der Waals surface area contributed by atoms with Gasteiger partial charge in [0.2, 0.25) is 0 Å². The van der Waals surface area contributed by atoms with Crippen molar-refractivity contribution in [1.29, 1.82) is 0 Å². The molecule has 0 saturated heterocycles. The SMILES string of the molecule is CCC(CC)(Sc1nc2ccc(OC)cc2[nH]1)C(=O)O. The van der Waals surface area contributed by atoms with Crippen molar-refractivity contribution in [3.63, 3.8) is 0 Å². The maximum atomic E-state index is 11.5. The van der Waals surface area contributed by atoms with Crippen LogP contribution in [0.15, 0.2) is 23.4 Å². The molecule has 6 heteroatoms. The van der Waals surface area contributed by atoms with E-state index in [4.69, 9.17) is 4.74 Å². The zero-order chi connectivity index (χ0) is 14.8. The Hall–Kier alpha value is -1.69. The number of ether oxygens (including phenoxy) is 1. The maximum Gasteiger partial charge on any atom is 0.320 e. The third-order valence-electron chi connectivity index (χ3n) is 3.49. The molecule has 0 saturated carbocycles. The van der Waals surface area contributed by atoms with Gasteiger partial charge in [-0.3, -0.25) is 4.79 Å². The van der Waals surface area contributed by atoms with E-state index in [1.807, 2.05) is 32.0 Å². The molecule has 5 nitrogen and oxygen atoms in total. The normalized spacial score (nSPS) is 11.8. The fourth-order valence-electron chi connectivity index (χ4n) is 2.07. The molecule has 2 aromatic rings. The molecule has 0 bridgehead atoms. The number of H-pyrrole nitrogens is 1. The Labute approximate surface area is 121 Å². The molecule has 20 heavy (non-hydrogen) atoms. The number of hydrogen-bond donors (Lipinski definition) is 2. The van der Waals surface area contributed by atoms with Gasteiger partial charge in [0, 0.05) is 6.07 Å². The summed E-state index contributed by atoms with van der Waals surface area (Å²) in [4.78, 5) is 19.1. The highest BCUT2D eigenvalue weighted by atomic mass is 32.2. The van der Waals surface area contributed by atoms with Gasteiger partial charge in [0.05, 0.1) is 18.1 Å². The van der Waals surface area contributed by atoms with Crippen molar-refractivity contribution in [3.8, 4) is 5.75 Å². The summed E-state index contributed by atoms with van der Waals surface area (Å²) in [6, 6.07) is 5.55. The number of nitrogens with one attached hydrogen (secondary N) is 1. The summed E-state index contributed by atoms with van der Waals surface area (Å²) in [5.41, 5.74) is 1.65. The van der Waals surface area contributed by atoms with Crippen LogP contribution in [0.25, 0.3) is 11.0 Å². The lowest BCUT2D eigenvalue weighted by molar-refractivity contribution is -0.140. The smallest absolute Gasteiger partial charge is 0.320 e. The molecular weight excluding hydrogens is 276 g/mol. The fourth-order valence-corrected chi connectivity index (χ4v) is 3.12. The number of methoxy groups -OCH3 is 1. The van der Waals surface area contributed by atoms with E-state index in [2.05, 4.69) is 9.97 Å². The van der Waals surface area contributed by atoms with Gasteiger partial charge in [-0.2, -0.15) is 0 Å². The van der Waals surface area contributed by atoms with Crippen LogP contribution in [-0.2, 0) is 4.79 Å². The molecule has 0 aliphatic rings. The first-order valence-corrected chi connectivity index (χ1v) is 7.32. The Morgan fingerprint density at radius 1 is 1.45 bits per heavy atom. The number of imidazole rings is 1. The van der Waals surface area contributed by atoms with E-state index < -0.39 is 10.7 Å². The Kier molecular flexibility index (Phi) is 4.23. The summed E-state index contributed by atoms with van der Waals surface area (Å²) in [5, 5.41) is 10.1. The number of fused-ring (bicyclic) bond motifs is 1. The number of aromatic amines is 1. The van der Waals surface area contributed by atoms with E-state index in [9.17, 15) is 9.90 Å². The highest BCUT2D eigenvalue weighted by Crippen LogP contribution is 2.38. The summed E-state index contributed by atoms with van der Waals surface area (Å²) in [6.07, 6.45) is 1.09. The van der Waals surface area contributed by atoms with Crippen LogP contribution in [0.1, 0.15) is 26.7 Å². The van der Waals surface area contributed by atoms with Gasteiger partial charge in [0.25, 0.3) is 0 Å². The average Bonchev–Trinajstić information content (AvgIpc) is 2.85. The van der Waals surface area contributed by atoms with Crippen LogP contribution in [-0.4, -0.2) is 32.9 Å². The van der Waals surface area contributed by atoms with Crippen LogP contribution in [0.4, 0.5) is 0 Å². The van der Waals surface area contributed by atoms with Crippen molar-refractivity contribution >= 4 is 28.8 Å². The number of carboxylic acid groups (broad SMARTS) is 1. The van der Waals surface area contributed by atoms with Gasteiger partial charge in [-0.1, -0.05) is 25.6 Å². The Bertz CT molecular complexity index is 620. The quantitative estimate of drug-likeness (QED) is 0.799. The number of rotatable bonds is 6. The molecule has 0 aliphatic heterocycles. The molecule has 2 rings (SSSR count). The maximum absolute atomic E-state index is 11.5. The Morgan fingerprint density at radius 2 is 2.15 bits per heavy atom. The van der Waals surface area contributed by atoms with Gasteiger partial charge >= 0.3 is 5.97 Å². The molecule has 1 aromatic carbocycles. The van der Waals surface area contributed by atoms with E-state index >= 15 is 0 Å². The summed E-state index contributed by atoms with van der Waals surface area (Å²) >= 11 is 1.28. The number of hydrogen-bond acceptors (Lipinski definition) is 4. The van der Waals surface area contributed by atoms with Gasteiger partial charge < -0.3 is 14.8 Å². The molecule has 0 fully saturated rings. The Morgan fingerprint density at radius 3 is 2.70 bits per heavy atom. The standard InChI is InChI=1S/C14H18N2O3S/c1-4-14(5-2,12(17)18)20-13-15-10-7-6-9(19-3)8-11(10)16-13/h6-8H,4-5H2,1-3H3,(H,15,16)(H,17,18). The Balaban J connectivity index is 2.35. The summed E-state index contributed by atoms with van der Waals surface area (Å²) in [5.74, 6) is -0.0567. The lowest BCUT2D eigenvalue weighted by atomic mass is 10.0. The zero-order valence-corrected chi connectivity index (χ0v) is 12.6. The van der Waals surface area contributed by atoms with E-state index in [-0.39, 0.29) is 0 Å². The largest absolute Gasteiger partial charge is 0.497 e. The molecular formula is C14H18N2O3S. The second-order valence-corrected chi connectivity index (χ2v) is 5.91. The number of carbonyl (C=O) groups is 1. The molecule has 0 radical (unpaired) electrons. The summed E-state index contributed by atoms with van der Waals surface area (Å²) in [6.45, 7) is 3.77. The number of nitrogens with zero attached hydrogens (tertiary/aromatic N) is 1. The van der Waals surface area contributed by atoms with Crippen molar-refractivity contribution in [1.82, 2.24) is 9.97 Å². The highest BCUT2D eigenvalue weighted by molar-refractivity contribution is 8.01. The van der Waals surface area contributed by atoms with E-state index in [1.165, 1.54) is 11.8 Å². The molecule has 0 aliphatic carbocycles. The van der Waals surface area contributed by atoms with Gasteiger partial charge in [-0.15, -0.1) is 0 Å². The molecule has 0 amide bonds. The molecule has 0 atom stereocenters. The molecule has 1 aromatic heterocycles. The first kappa shape index (κ1) is 14.7. The van der Waals surface area contributed by atoms with Gasteiger partial charge in [0.15, 0.2) is 5.16 Å². The monoisotopic (exact) mass is 294 g/mol. The molecule has 108 valence electrons. The molecule has 1 heterocycles. The van der Waals surface area contributed by atoms with Gasteiger partial charge in [-0.25, -0.2) is 4.98 Å². The predicted molar refractivity (Wildman–Crippen MR) is 79.5 cm³/mol. The van der Waals surface area contributed by atoms with Crippen LogP contribution >= 0.6 is 11.8 Å². The topological polar surface area (TPSA) is 75.2 Å². The molecule has 2 N–H and O–H groups in total. The van der Waals surface area contributed by atoms with Crippen LogP contribution in [0.3, 0.4) is 0 Å². The van der Waals surface area contributed by atoms with Crippen molar-refractivity contribution in [2.75, 3.05) is 7.11 Å². The van der Waals surface area contributed by atoms with Gasteiger partial charge in [0.1, 0.15) is 10.5 Å². The minimum atomic E-state index is -0.835. The van der Waals surface area contributed by atoms with Crippen molar-refractivity contribution < 1.29 is 14.6 Å². The zero-order valence-electron chi connectivity index (χ0n) is 11.8. The van der Waals surface area contributed by atoms with Crippen LogP contribution in [0, 0.1) is 0 Å². The van der Waals surface area contributed by atoms with Crippen molar-refractivity contribution in [2.24, 2.45) is 0 Å². The van der Waals surface area contributed by atoms with E-state index in [0.717, 1.165) is 16.8 Å². The third-order valence-corrected chi connectivity index (χ3v) is 5.02. The molecule has 0 spiro atoms. The fraction of sp³-hybridized carbons (Fsp3) is 0.429. The van der Waals surface area contributed by atoms with Crippen LogP contribution < -0.4 is 4.74 Å². The first-order chi connectivity index (χ1) is 9.54. The van der Waals surface area contributed by atoms with E-state index in [1.54, 1.807) is 7.11 Å². The van der Waals surface area contributed by atoms with Gasteiger partial charge in [-0.05, 0) is 25.0 Å². The average molecular weight is 294 g/mol. The highest BCUT2D eigenvalue weighted by Gasteiger charge is 2.37. The first-order valence-electron chi connectivity index (χ1n) is 6.50.